The Labute approximate surface area is 65.1 Å². The van der Waals surface area contributed by atoms with E-state index in [1.165, 1.54) is 7.11 Å². The summed E-state index contributed by atoms with van der Waals surface area (Å²) in [6.45, 7) is 4.95. The Kier molecular flexibility index (Phi) is 6.96. The fraction of sp³-hybridized carbons (Fsp3) is 0.400. The van der Waals surface area contributed by atoms with Gasteiger partial charge in [0.25, 0.3) is 0 Å². The lowest BCUT2D eigenvalue weighted by atomic mass is 10.4. The molecule has 0 atom stereocenters. The molecular weight excluding hydrogens is 116 g/mol. The summed E-state index contributed by atoms with van der Waals surface area (Å²) in [6, 6.07) is 0. The zero-order chi connectivity index (χ0) is 5.86. The van der Waals surface area contributed by atoms with Gasteiger partial charge >= 0.3 is 5.97 Å². The number of rotatable bonds is 1. The Balaban J connectivity index is 0. The Morgan fingerprint density at radius 1 is 1.62 bits per heavy atom. The molecule has 0 rings (SSSR count). The molecule has 0 heterocycles. The highest BCUT2D eigenvalue weighted by atomic mass is 24.3. The molecule has 0 unspecified atom stereocenters. The van der Waals surface area contributed by atoms with Gasteiger partial charge < -0.3 is 4.74 Å². The van der Waals surface area contributed by atoms with Gasteiger partial charge in [-0.2, -0.15) is 0 Å². The molecule has 8 heavy (non-hydrogen) atoms. The van der Waals surface area contributed by atoms with Crippen LogP contribution >= 0.6 is 0 Å². The number of hydrogen-bond acceptors (Lipinski definition) is 2. The molecule has 0 aromatic carbocycles. The Bertz CT molecular complexity index is 98.6. The van der Waals surface area contributed by atoms with E-state index in [-0.39, 0.29) is 29.0 Å². The topological polar surface area (TPSA) is 26.3 Å². The van der Waals surface area contributed by atoms with Crippen LogP contribution in [0.5, 0.6) is 0 Å². The SMILES string of the molecule is C=C(C)C(=O)OC.[Mg]. The molecule has 0 saturated heterocycles. The van der Waals surface area contributed by atoms with Crippen molar-refractivity contribution in [2.45, 2.75) is 6.92 Å². The first-order chi connectivity index (χ1) is 3.18. The third kappa shape index (κ3) is 4.14. The van der Waals surface area contributed by atoms with Crippen LogP contribution in [0, 0.1) is 0 Å². The predicted octanol–water partition coefficient (Wildman–Crippen LogP) is 0.355. The number of hydrogen-bond donors (Lipinski definition) is 0. The van der Waals surface area contributed by atoms with Gasteiger partial charge in [0.1, 0.15) is 0 Å². The lowest BCUT2D eigenvalue weighted by Gasteiger charge is -1.91. The van der Waals surface area contributed by atoms with E-state index in [9.17, 15) is 4.79 Å². The third-order valence-corrected chi connectivity index (χ3v) is 0.534. The van der Waals surface area contributed by atoms with Crippen molar-refractivity contribution in [2.75, 3.05) is 7.11 Å². The molecular formula is C5H8MgO2. The van der Waals surface area contributed by atoms with Gasteiger partial charge in [0.2, 0.25) is 0 Å². The summed E-state index contributed by atoms with van der Waals surface area (Å²) >= 11 is 0. The van der Waals surface area contributed by atoms with Gasteiger partial charge in [-0.05, 0) is 6.92 Å². The lowest BCUT2D eigenvalue weighted by Crippen LogP contribution is -1.98. The highest BCUT2D eigenvalue weighted by Crippen LogP contribution is 1.87. The average Bonchev–Trinajstić information content (AvgIpc) is 1.65. The smallest absolute Gasteiger partial charge is 0.332 e. The van der Waals surface area contributed by atoms with E-state index in [4.69, 9.17) is 0 Å². The average molecular weight is 124 g/mol. The van der Waals surface area contributed by atoms with Gasteiger partial charge in [0.05, 0.1) is 7.11 Å². The summed E-state index contributed by atoms with van der Waals surface area (Å²) < 4.78 is 4.27. The standard InChI is InChI=1S/C5H8O2.Mg/c1-4(2)5(6)7-3;/h1H2,2-3H3;. The number of esters is 1. The van der Waals surface area contributed by atoms with Crippen molar-refractivity contribution in [3.8, 4) is 0 Å². The minimum absolute atomic E-state index is 0. The number of carbonyl (C=O) groups is 1. The lowest BCUT2D eigenvalue weighted by molar-refractivity contribution is -0.135. The number of methoxy groups -OCH3 is 1. The Morgan fingerprint density at radius 3 is 2.00 bits per heavy atom. The minimum Gasteiger partial charge on any atom is -0.466 e. The first kappa shape index (κ1) is 10.9. The molecule has 0 aliphatic carbocycles. The van der Waals surface area contributed by atoms with E-state index in [0.29, 0.717) is 5.57 Å². The maximum atomic E-state index is 10.2. The molecule has 0 N–H and O–H groups in total. The van der Waals surface area contributed by atoms with Gasteiger partial charge in [-0.3, -0.25) is 0 Å². The molecule has 0 fully saturated rings. The summed E-state index contributed by atoms with van der Waals surface area (Å²) in [7, 11) is 1.33. The Hall–Kier alpha value is -0.0238. The van der Waals surface area contributed by atoms with Crippen molar-refractivity contribution in [1.29, 1.82) is 0 Å². The Morgan fingerprint density at radius 2 is 2.00 bits per heavy atom. The van der Waals surface area contributed by atoms with E-state index in [0.717, 1.165) is 0 Å². The molecule has 0 aliphatic rings. The second-order valence-electron chi connectivity index (χ2n) is 1.27. The zero-order valence-electron chi connectivity index (χ0n) is 5.23. The molecule has 0 bridgehead atoms. The fourth-order valence-electron chi connectivity index (χ4n) is 0.174. The first-order valence-electron chi connectivity index (χ1n) is 1.92. The molecule has 0 amide bonds. The van der Waals surface area contributed by atoms with Crippen molar-refractivity contribution in [3.63, 3.8) is 0 Å². The van der Waals surface area contributed by atoms with Crippen LogP contribution in [-0.2, 0) is 9.53 Å². The van der Waals surface area contributed by atoms with Crippen LogP contribution in [-0.4, -0.2) is 36.1 Å². The number of ether oxygens (including phenoxy) is 1. The summed E-state index contributed by atoms with van der Waals surface area (Å²) in [5, 5.41) is 0. The molecule has 42 valence electrons. The monoisotopic (exact) mass is 124 g/mol. The van der Waals surface area contributed by atoms with Gasteiger partial charge in [-0.25, -0.2) is 4.79 Å². The van der Waals surface area contributed by atoms with Crippen LogP contribution in [0.2, 0.25) is 0 Å². The quantitative estimate of drug-likeness (QED) is 0.287. The second kappa shape index (κ2) is 5.12. The molecule has 2 nitrogen and oxygen atoms in total. The minimum atomic E-state index is -0.347. The summed E-state index contributed by atoms with van der Waals surface area (Å²) in [6.07, 6.45) is 0. The fourth-order valence-corrected chi connectivity index (χ4v) is 0.174. The first-order valence-corrected chi connectivity index (χ1v) is 1.92. The van der Waals surface area contributed by atoms with Crippen LogP contribution in [0.15, 0.2) is 12.2 Å². The second-order valence-corrected chi connectivity index (χ2v) is 1.27. The maximum absolute atomic E-state index is 10.2. The van der Waals surface area contributed by atoms with Crippen LogP contribution in [0.1, 0.15) is 6.92 Å². The molecule has 0 aromatic rings. The molecule has 2 radical (unpaired) electrons. The van der Waals surface area contributed by atoms with E-state index in [1.807, 2.05) is 0 Å². The molecule has 0 aliphatic heterocycles. The highest BCUT2D eigenvalue weighted by molar-refractivity contribution is 5.86. The normalized spacial score (nSPS) is 6.75. The van der Waals surface area contributed by atoms with Gasteiger partial charge in [-0.1, -0.05) is 6.58 Å². The summed E-state index contributed by atoms with van der Waals surface area (Å²) in [4.78, 5) is 10.2. The highest BCUT2D eigenvalue weighted by Gasteiger charge is 1.95. The van der Waals surface area contributed by atoms with E-state index >= 15 is 0 Å². The van der Waals surface area contributed by atoms with Crippen LogP contribution in [0.3, 0.4) is 0 Å². The largest absolute Gasteiger partial charge is 0.466 e. The van der Waals surface area contributed by atoms with Crippen LogP contribution in [0.4, 0.5) is 0 Å². The van der Waals surface area contributed by atoms with Crippen LogP contribution < -0.4 is 0 Å². The van der Waals surface area contributed by atoms with E-state index < -0.39 is 0 Å². The molecule has 0 spiro atoms. The van der Waals surface area contributed by atoms with Crippen molar-refractivity contribution < 1.29 is 9.53 Å². The van der Waals surface area contributed by atoms with Gasteiger partial charge in [0.15, 0.2) is 0 Å². The van der Waals surface area contributed by atoms with Gasteiger partial charge in [-0.15, -0.1) is 0 Å². The third-order valence-electron chi connectivity index (χ3n) is 0.534. The predicted molar refractivity (Wildman–Crippen MR) is 32.6 cm³/mol. The zero-order valence-corrected chi connectivity index (χ0v) is 6.64. The van der Waals surface area contributed by atoms with Crippen molar-refractivity contribution >= 4 is 29.0 Å². The summed E-state index contributed by atoms with van der Waals surface area (Å²) in [5.74, 6) is -0.347. The van der Waals surface area contributed by atoms with Crippen LogP contribution in [0.25, 0.3) is 0 Å². The molecule has 0 saturated carbocycles. The van der Waals surface area contributed by atoms with Gasteiger partial charge in [0, 0.05) is 28.6 Å². The van der Waals surface area contributed by atoms with E-state index in [2.05, 4.69) is 11.3 Å². The van der Waals surface area contributed by atoms with E-state index in [1.54, 1.807) is 6.92 Å². The number of carbonyl (C=O) groups excluding carboxylic acids is 1. The van der Waals surface area contributed by atoms with Crippen molar-refractivity contribution in [2.24, 2.45) is 0 Å². The van der Waals surface area contributed by atoms with Crippen molar-refractivity contribution in [3.05, 3.63) is 12.2 Å². The van der Waals surface area contributed by atoms with Crippen molar-refractivity contribution in [1.82, 2.24) is 0 Å². The molecule has 3 heteroatoms. The molecule has 0 aromatic heterocycles. The maximum Gasteiger partial charge on any atom is 0.332 e. The summed E-state index contributed by atoms with van der Waals surface area (Å²) in [5.41, 5.74) is 0.433.